The highest BCUT2D eigenvalue weighted by Crippen LogP contribution is 2.34. The van der Waals surface area contributed by atoms with Crippen LogP contribution in [0.4, 0.5) is 11.6 Å². The van der Waals surface area contributed by atoms with E-state index in [0.29, 0.717) is 53.6 Å². The van der Waals surface area contributed by atoms with Gasteiger partial charge in [-0.15, -0.1) is 0 Å². The van der Waals surface area contributed by atoms with E-state index in [1.54, 1.807) is 36.5 Å². The van der Waals surface area contributed by atoms with Crippen LogP contribution >= 0.6 is 0 Å². The summed E-state index contributed by atoms with van der Waals surface area (Å²) in [7, 11) is 3.93. The first-order valence-corrected chi connectivity index (χ1v) is 12.8. The van der Waals surface area contributed by atoms with Crippen LogP contribution in [0.2, 0.25) is 0 Å². The average Bonchev–Trinajstić information content (AvgIpc) is 3.34. The molecule has 1 atom stereocenters. The predicted molar refractivity (Wildman–Crippen MR) is 150 cm³/mol. The second-order valence-electron chi connectivity index (χ2n) is 9.74. The maximum absolute atomic E-state index is 12.8. The van der Waals surface area contributed by atoms with E-state index < -0.39 is 0 Å². The van der Waals surface area contributed by atoms with Crippen molar-refractivity contribution in [1.29, 1.82) is 0 Å². The maximum atomic E-state index is 12.8. The molecule has 1 aliphatic rings. The second kappa shape index (κ2) is 11.4. The zero-order valence-corrected chi connectivity index (χ0v) is 22.0. The van der Waals surface area contributed by atoms with Crippen molar-refractivity contribution in [1.82, 2.24) is 34.5 Å². The molecule has 200 valence electrons. The fourth-order valence-electron chi connectivity index (χ4n) is 4.68. The average molecular weight is 526 g/mol. The monoisotopic (exact) mass is 525 g/mol. The van der Waals surface area contributed by atoms with Crippen LogP contribution in [-0.2, 0) is 4.79 Å². The number of hydrogen-bond acceptors (Lipinski definition) is 8. The van der Waals surface area contributed by atoms with E-state index in [2.05, 4.69) is 20.3 Å². The minimum atomic E-state index is -0.259. The Bertz CT molecular complexity index is 1500. The Hall–Kier alpha value is -4.64. The molecule has 2 amide bonds. The Morgan fingerprint density at radius 2 is 1.95 bits per heavy atom. The van der Waals surface area contributed by atoms with Crippen molar-refractivity contribution in [2.45, 2.75) is 18.9 Å². The number of carbonyl (C=O) groups is 2. The van der Waals surface area contributed by atoms with Gasteiger partial charge in [-0.05, 0) is 51.2 Å². The van der Waals surface area contributed by atoms with Gasteiger partial charge in [0.15, 0.2) is 5.65 Å². The Labute approximate surface area is 226 Å². The highest BCUT2D eigenvalue weighted by atomic mass is 16.2. The zero-order valence-electron chi connectivity index (χ0n) is 22.0. The van der Waals surface area contributed by atoms with Crippen LogP contribution < -0.4 is 11.1 Å². The van der Waals surface area contributed by atoms with E-state index in [9.17, 15) is 9.59 Å². The minimum Gasteiger partial charge on any atom is -0.383 e. The van der Waals surface area contributed by atoms with Gasteiger partial charge in [0, 0.05) is 43.0 Å². The fourth-order valence-corrected chi connectivity index (χ4v) is 4.68. The number of benzene rings is 1. The third-order valence-corrected chi connectivity index (χ3v) is 6.63. The van der Waals surface area contributed by atoms with Gasteiger partial charge in [0.05, 0.1) is 11.4 Å². The van der Waals surface area contributed by atoms with Crippen molar-refractivity contribution in [3.8, 4) is 11.3 Å². The Morgan fingerprint density at radius 1 is 1.13 bits per heavy atom. The van der Waals surface area contributed by atoms with Gasteiger partial charge in [0.1, 0.15) is 23.7 Å². The quantitative estimate of drug-likeness (QED) is 0.352. The lowest BCUT2D eigenvalue weighted by Crippen LogP contribution is -2.40. The highest BCUT2D eigenvalue weighted by Gasteiger charge is 2.28. The van der Waals surface area contributed by atoms with Crippen LogP contribution in [0.25, 0.3) is 22.3 Å². The lowest BCUT2D eigenvalue weighted by molar-refractivity contribution is -0.127. The van der Waals surface area contributed by atoms with Gasteiger partial charge in [-0.3, -0.25) is 9.59 Å². The number of carbonyl (C=O) groups excluding carboxylic acids is 2. The van der Waals surface area contributed by atoms with E-state index in [0.717, 1.165) is 18.4 Å². The molecule has 0 unspecified atom stereocenters. The molecule has 0 spiro atoms. The molecular weight excluding hydrogens is 494 g/mol. The first-order valence-electron chi connectivity index (χ1n) is 12.8. The third kappa shape index (κ3) is 5.78. The number of piperidine rings is 1. The molecule has 4 aromatic rings. The van der Waals surface area contributed by atoms with E-state index in [-0.39, 0.29) is 17.9 Å². The number of nitrogens with one attached hydrogen (secondary N) is 1. The molecule has 1 aromatic carbocycles. The van der Waals surface area contributed by atoms with Crippen LogP contribution in [0.1, 0.15) is 29.2 Å². The molecule has 1 aliphatic heterocycles. The van der Waals surface area contributed by atoms with Crippen molar-refractivity contribution in [3.05, 3.63) is 72.7 Å². The van der Waals surface area contributed by atoms with Gasteiger partial charge in [-0.1, -0.05) is 24.3 Å². The van der Waals surface area contributed by atoms with Crippen molar-refractivity contribution in [3.63, 3.8) is 0 Å². The summed E-state index contributed by atoms with van der Waals surface area (Å²) in [6, 6.07) is 12.4. The van der Waals surface area contributed by atoms with Crippen molar-refractivity contribution >= 4 is 34.5 Å². The van der Waals surface area contributed by atoms with Crippen molar-refractivity contribution in [2.24, 2.45) is 0 Å². The number of hydrogen-bond donors (Lipinski definition) is 2. The number of nitrogen functional groups attached to an aromatic ring is 1. The molecule has 0 radical (unpaired) electrons. The number of anilines is 2. The third-order valence-electron chi connectivity index (χ3n) is 6.63. The predicted octanol–water partition coefficient (Wildman–Crippen LogP) is 3.00. The summed E-state index contributed by atoms with van der Waals surface area (Å²) in [5, 5.41) is 8.36. The van der Waals surface area contributed by atoms with Gasteiger partial charge in [0.25, 0.3) is 5.91 Å². The van der Waals surface area contributed by atoms with Gasteiger partial charge >= 0.3 is 0 Å². The molecule has 0 bridgehead atoms. The van der Waals surface area contributed by atoms with E-state index in [1.807, 2.05) is 52.9 Å². The lowest BCUT2D eigenvalue weighted by atomic mass is 10.1. The molecule has 1 saturated heterocycles. The molecule has 0 aliphatic carbocycles. The molecule has 3 N–H and O–H groups in total. The summed E-state index contributed by atoms with van der Waals surface area (Å²) >= 11 is 0. The number of likely N-dealkylation sites (N-methyl/N-ethyl adjacent to an activating group) is 1. The molecule has 1 fully saturated rings. The maximum Gasteiger partial charge on any atom is 0.256 e. The fraction of sp³-hybridized carbons (Fsp3) is 0.286. The summed E-state index contributed by atoms with van der Waals surface area (Å²) in [5.74, 6) is 0.542. The first kappa shape index (κ1) is 26.0. The summed E-state index contributed by atoms with van der Waals surface area (Å²) in [5.41, 5.74) is 8.83. The normalized spacial score (nSPS) is 15.8. The molecule has 39 heavy (non-hydrogen) atoms. The summed E-state index contributed by atoms with van der Waals surface area (Å²) < 4.78 is 1.87. The molecule has 0 saturated carbocycles. The van der Waals surface area contributed by atoms with Gasteiger partial charge in [-0.25, -0.2) is 19.6 Å². The second-order valence-corrected chi connectivity index (χ2v) is 9.74. The molecular formula is C28H31N9O2. The number of amides is 2. The summed E-state index contributed by atoms with van der Waals surface area (Å²) in [4.78, 5) is 42.2. The van der Waals surface area contributed by atoms with Gasteiger partial charge in [-0.2, -0.15) is 5.10 Å². The highest BCUT2D eigenvalue weighted by molar-refractivity contribution is 6.04. The zero-order chi connectivity index (χ0) is 27.4. The molecule has 11 nitrogen and oxygen atoms in total. The summed E-state index contributed by atoms with van der Waals surface area (Å²) in [6.45, 7) is 1.93. The largest absolute Gasteiger partial charge is 0.383 e. The molecule has 3 aromatic heterocycles. The van der Waals surface area contributed by atoms with Gasteiger partial charge in [0.2, 0.25) is 5.91 Å². The summed E-state index contributed by atoms with van der Waals surface area (Å²) in [6.07, 6.45) is 8.28. The number of likely N-dealkylation sites (tertiary alicyclic amines) is 1. The molecule has 5 rings (SSSR count). The van der Waals surface area contributed by atoms with Crippen LogP contribution in [-0.4, -0.2) is 80.1 Å². The van der Waals surface area contributed by atoms with Crippen molar-refractivity contribution in [2.75, 3.05) is 44.8 Å². The van der Waals surface area contributed by atoms with Crippen LogP contribution in [0.5, 0.6) is 0 Å². The van der Waals surface area contributed by atoms with Crippen molar-refractivity contribution < 1.29 is 9.59 Å². The minimum absolute atomic E-state index is 0.00746. The van der Waals surface area contributed by atoms with Gasteiger partial charge < -0.3 is 20.9 Å². The van der Waals surface area contributed by atoms with Crippen LogP contribution in [0.15, 0.2) is 67.1 Å². The van der Waals surface area contributed by atoms with E-state index in [4.69, 9.17) is 10.8 Å². The number of rotatable bonds is 7. The smallest absolute Gasteiger partial charge is 0.256 e. The Morgan fingerprint density at radius 3 is 2.69 bits per heavy atom. The van der Waals surface area contributed by atoms with Crippen LogP contribution in [0, 0.1) is 0 Å². The number of pyridine rings is 1. The number of nitrogens with two attached hydrogens (primary N) is 1. The Balaban J connectivity index is 1.41. The SMILES string of the molecule is CN(C)C/C=C/C(=O)N1CCC[C@@H](n2nc(-c3ccc(C(=O)Nc4ccccn4)cc3)c3c(N)ncnc32)C1. The lowest BCUT2D eigenvalue weighted by Gasteiger charge is -2.32. The molecule has 11 heteroatoms. The number of aromatic nitrogens is 5. The van der Waals surface area contributed by atoms with E-state index in [1.165, 1.54) is 6.33 Å². The molecule has 4 heterocycles. The Kier molecular flexibility index (Phi) is 7.60. The topological polar surface area (TPSA) is 135 Å². The van der Waals surface area contributed by atoms with Crippen LogP contribution in [0.3, 0.4) is 0 Å². The number of nitrogens with zero attached hydrogens (tertiary/aromatic N) is 7. The van der Waals surface area contributed by atoms with E-state index >= 15 is 0 Å². The number of fused-ring (bicyclic) bond motifs is 1. The first-order chi connectivity index (χ1) is 18.9. The standard InChI is InChI=1S/C28H31N9O2/c1-35(2)15-6-9-23(38)36-16-5-7-21(17-36)37-27-24(26(29)31-18-32-27)25(34-37)19-10-12-20(13-11-19)28(39)33-22-8-3-4-14-30-22/h3-4,6,8-14,18,21H,5,7,15-17H2,1-2H3,(H2,29,31,32)(H,30,33,39)/b9-6+/t21-/m1/s1.